The van der Waals surface area contributed by atoms with Gasteiger partial charge in [0.1, 0.15) is 18.2 Å². The van der Waals surface area contributed by atoms with E-state index in [9.17, 15) is 19.1 Å². The Labute approximate surface area is 235 Å². The number of aliphatic hydroxyl groups is 1. The van der Waals surface area contributed by atoms with Crippen LogP contribution in [0.5, 0.6) is 5.75 Å². The fraction of sp³-hybridized carbons (Fsp3) is 0.548. The van der Waals surface area contributed by atoms with Gasteiger partial charge in [-0.25, -0.2) is 4.39 Å². The summed E-state index contributed by atoms with van der Waals surface area (Å²) in [5.74, 6) is 0.223. The Bertz CT molecular complexity index is 1160. The van der Waals surface area contributed by atoms with E-state index in [0.717, 1.165) is 64.0 Å². The molecule has 0 unspecified atom stereocenters. The zero-order valence-corrected chi connectivity index (χ0v) is 23.2. The molecule has 0 aromatic heterocycles. The van der Waals surface area contributed by atoms with Crippen molar-refractivity contribution in [3.8, 4) is 5.75 Å². The highest BCUT2D eigenvalue weighted by atomic mass is 19.1. The molecular formula is C31H41FN4O4. The van der Waals surface area contributed by atoms with E-state index in [2.05, 4.69) is 20.4 Å². The highest BCUT2D eigenvalue weighted by molar-refractivity contribution is 5.96. The maximum absolute atomic E-state index is 13.5. The van der Waals surface area contributed by atoms with E-state index in [0.29, 0.717) is 50.4 Å². The van der Waals surface area contributed by atoms with Gasteiger partial charge < -0.3 is 30.3 Å². The quantitative estimate of drug-likeness (QED) is 0.541. The number of amides is 2. The number of hydrogen-bond donors (Lipinski definition) is 3. The van der Waals surface area contributed by atoms with Crippen LogP contribution in [0, 0.1) is 11.2 Å². The van der Waals surface area contributed by atoms with Crippen molar-refractivity contribution < 1.29 is 23.8 Å². The van der Waals surface area contributed by atoms with Crippen LogP contribution in [-0.2, 0) is 4.79 Å². The lowest BCUT2D eigenvalue weighted by molar-refractivity contribution is -0.135. The van der Waals surface area contributed by atoms with Gasteiger partial charge in [0.15, 0.2) is 0 Å². The second kappa shape index (κ2) is 12.6. The van der Waals surface area contributed by atoms with E-state index in [1.807, 2.05) is 12.1 Å². The van der Waals surface area contributed by atoms with Crippen LogP contribution >= 0.6 is 0 Å². The molecule has 0 saturated carbocycles. The molecule has 2 fully saturated rings. The van der Waals surface area contributed by atoms with E-state index < -0.39 is 11.0 Å². The normalized spacial score (nSPS) is 22.4. The highest BCUT2D eigenvalue weighted by Gasteiger charge is 2.42. The molecule has 3 heterocycles. The molecule has 0 atom stereocenters. The number of benzene rings is 2. The smallest absolute Gasteiger partial charge is 0.255 e. The Morgan fingerprint density at radius 2 is 1.57 bits per heavy atom. The number of fused-ring (bicyclic) bond motifs is 1. The molecular weight excluding hydrogens is 511 g/mol. The number of rotatable bonds is 3. The van der Waals surface area contributed by atoms with Crippen molar-refractivity contribution in [1.82, 2.24) is 15.5 Å². The molecule has 2 aromatic carbocycles. The Kier molecular flexibility index (Phi) is 8.90. The van der Waals surface area contributed by atoms with Crippen molar-refractivity contribution in [3.63, 3.8) is 0 Å². The molecule has 0 radical (unpaired) electrons. The summed E-state index contributed by atoms with van der Waals surface area (Å²) in [4.78, 5) is 30.6. The summed E-state index contributed by atoms with van der Waals surface area (Å²) in [7, 11) is 0. The topological polar surface area (TPSA) is 94.1 Å². The molecule has 0 bridgehead atoms. The zero-order chi connectivity index (χ0) is 28.0. The van der Waals surface area contributed by atoms with Crippen molar-refractivity contribution in [3.05, 3.63) is 59.9 Å². The van der Waals surface area contributed by atoms with Gasteiger partial charge in [-0.3, -0.25) is 9.59 Å². The highest BCUT2D eigenvalue weighted by Crippen LogP contribution is 2.38. The van der Waals surface area contributed by atoms with Gasteiger partial charge in [-0.05, 0) is 88.0 Å². The van der Waals surface area contributed by atoms with Gasteiger partial charge in [-0.1, -0.05) is 18.6 Å². The van der Waals surface area contributed by atoms with E-state index in [4.69, 9.17) is 4.74 Å². The van der Waals surface area contributed by atoms with Crippen molar-refractivity contribution >= 4 is 17.5 Å². The maximum Gasteiger partial charge on any atom is 0.255 e. The van der Waals surface area contributed by atoms with Gasteiger partial charge in [-0.2, -0.15) is 0 Å². The van der Waals surface area contributed by atoms with Gasteiger partial charge in [0.2, 0.25) is 5.91 Å². The number of anilines is 1. The molecule has 5 rings (SSSR count). The number of piperidine rings is 2. The fourth-order valence-electron chi connectivity index (χ4n) is 6.32. The minimum atomic E-state index is -0.765. The van der Waals surface area contributed by atoms with Gasteiger partial charge in [0.25, 0.3) is 5.91 Å². The van der Waals surface area contributed by atoms with E-state index in [1.54, 1.807) is 24.3 Å². The number of nitrogens with zero attached hydrogens (tertiary/aromatic N) is 2. The lowest BCUT2D eigenvalue weighted by Crippen LogP contribution is -2.55. The first-order valence-corrected chi connectivity index (χ1v) is 14.6. The summed E-state index contributed by atoms with van der Waals surface area (Å²) in [5.41, 5.74) is 0.282. The van der Waals surface area contributed by atoms with Gasteiger partial charge in [0.05, 0.1) is 23.1 Å². The van der Waals surface area contributed by atoms with Crippen molar-refractivity contribution in [2.45, 2.75) is 50.5 Å². The molecule has 40 heavy (non-hydrogen) atoms. The number of ether oxygens (including phenoxy) is 1. The number of likely N-dealkylation sites (tertiary alicyclic amines) is 1. The first kappa shape index (κ1) is 28.4. The van der Waals surface area contributed by atoms with Crippen molar-refractivity contribution in [2.24, 2.45) is 5.41 Å². The minimum Gasteiger partial charge on any atom is -0.491 e. The van der Waals surface area contributed by atoms with Crippen LogP contribution in [0.1, 0.15) is 55.3 Å². The summed E-state index contributed by atoms with van der Waals surface area (Å²) in [6.07, 6.45) is 5.23. The molecule has 8 nitrogen and oxygen atoms in total. The van der Waals surface area contributed by atoms with Crippen LogP contribution in [0.15, 0.2) is 48.5 Å². The molecule has 3 aliphatic rings. The van der Waals surface area contributed by atoms with Crippen LogP contribution in [0.3, 0.4) is 0 Å². The van der Waals surface area contributed by atoms with Crippen LogP contribution in [0.4, 0.5) is 10.1 Å². The summed E-state index contributed by atoms with van der Waals surface area (Å²) >= 11 is 0. The Morgan fingerprint density at radius 3 is 2.33 bits per heavy atom. The average Bonchev–Trinajstić information content (AvgIpc) is 2.96. The van der Waals surface area contributed by atoms with Gasteiger partial charge in [-0.15, -0.1) is 0 Å². The van der Waals surface area contributed by atoms with Crippen LogP contribution in [0.25, 0.3) is 0 Å². The molecule has 9 heteroatoms. The molecule has 2 saturated heterocycles. The van der Waals surface area contributed by atoms with E-state index >= 15 is 0 Å². The monoisotopic (exact) mass is 552 g/mol. The molecule has 2 aromatic rings. The number of carbonyl (C=O) groups excluding carboxylic acids is 2. The number of carbonyl (C=O) groups is 2. The maximum atomic E-state index is 13.5. The first-order valence-electron chi connectivity index (χ1n) is 14.6. The summed E-state index contributed by atoms with van der Waals surface area (Å²) in [5, 5.41) is 17.5. The van der Waals surface area contributed by atoms with Crippen LogP contribution in [0.2, 0.25) is 0 Å². The molecule has 1 spiro atoms. The van der Waals surface area contributed by atoms with Gasteiger partial charge in [0, 0.05) is 31.9 Å². The summed E-state index contributed by atoms with van der Waals surface area (Å²) < 4.78 is 19.1. The summed E-state index contributed by atoms with van der Waals surface area (Å²) in [6.45, 7) is 4.80. The van der Waals surface area contributed by atoms with Crippen molar-refractivity contribution in [1.29, 1.82) is 0 Å². The third kappa shape index (κ3) is 6.75. The molecule has 3 aliphatic heterocycles. The number of para-hydroxylation sites is 1. The third-order valence-corrected chi connectivity index (χ3v) is 8.84. The second-order valence-corrected chi connectivity index (χ2v) is 11.6. The number of β-amino-alcohol motifs (C(OH)–C–C–N with tert-alkyl or cyclic N) is 1. The Morgan fingerprint density at radius 1 is 0.850 bits per heavy atom. The van der Waals surface area contributed by atoms with E-state index in [-0.39, 0.29) is 17.6 Å². The van der Waals surface area contributed by atoms with Crippen molar-refractivity contribution in [2.75, 3.05) is 57.3 Å². The van der Waals surface area contributed by atoms with Crippen LogP contribution < -0.4 is 20.3 Å². The third-order valence-electron chi connectivity index (χ3n) is 8.84. The standard InChI is InChI=1S/C31H41FN4O4/c32-24-7-9-25(10-8-24)36-20-14-31(39,15-21-36)23-35-18-12-30(13-19-35)11-3-4-16-33-28(37)26-5-1-2-6-27(26)40-22-17-34-29(30)38/h1-2,5-10,39H,3-4,11-23H2,(H,33,37)(H,34,38). The predicted molar refractivity (Wildman–Crippen MR) is 152 cm³/mol. The molecule has 3 N–H and O–H groups in total. The Hall–Kier alpha value is -3.17. The SMILES string of the molecule is O=C1NCCCCC2(CCN(CC3(O)CCN(c4ccc(F)cc4)CC3)CC2)C(=O)NCCOc2ccccc21. The largest absolute Gasteiger partial charge is 0.491 e. The fourth-order valence-corrected chi connectivity index (χ4v) is 6.32. The molecule has 0 aliphatic carbocycles. The number of nitrogens with one attached hydrogen (secondary N) is 2. The number of hydrogen-bond acceptors (Lipinski definition) is 6. The van der Waals surface area contributed by atoms with E-state index in [1.165, 1.54) is 12.1 Å². The van der Waals surface area contributed by atoms with Crippen LogP contribution in [-0.4, -0.2) is 79.8 Å². The first-order chi connectivity index (χ1) is 19.4. The lowest BCUT2D eigenvalue weighted by atomic mass is 9.73. The molecule has 216 valence electrons. The minimum absolute atomic E-state index is 0.0800. The zero-order valence-electron chi connectivity index (χ0n) is 23.2. The average molecular weight is 553 g/mol. The predicted octanol–water partition coefficient (Wildman–Crippen LogP) is 3.35. The lowest BCUT2D eigenvalue weighted by Gasteiger charge is -2.45. The second-order valence-electron chi connectivity index (χ2n) is 11.6. The summed E-state index contributed by atoms with van der Waals surface area (Å²) in [6, 6.07) is 13.7. The van der Waals surface area contributed by atoms with Gasteiger partial charge >= 0.3 is 0 Å². The molecule has 2 amide bonds. The Balaban J connectivity index is 1.15. The number of halogens is 1.